The number of aryl methyl sites for hydroxylation is 1. The van der Waals surface area contributed by atoms with Crippen LogP contribution in [0.3, 0.4) is 0 Å². The van der Waals surface area contributed by atoms with E-state index in [9.17, 15) is 0 Å². The van der Waals surface area contributed by atoms with Gasteiger partial charge in [-0.1, -0.05) is 23.8 Å². The summed E-state index contributed by atoms with van der Waals surface area (Å²) in [5.41, 5.74) is 4.46. The molecule has 0 unspecified atom stereocenters. The third-order valence-corrected chi connectivity index (χ3v) is 2.50. The third kappa shape index (κ3) is 2.61. The van der Waals surface area contributed by atoms with Crippen molar-refractivity contribution in [3.05, 3.63) is 34.9 Å². The molecule has 1 aliphatic rings. The molecule has 1 nitrogen and oxygen atoms in total. The molecule has 1 aromatic rings. The van der Waals surface area contributed by atoms with Crippen molar-refractivity contribution in [3.63, 3.8) is 0 Å². The predicted molar refractivity (Wildman–Crippen MR) is 61.3 cm³/mol. The molecule has 1 heterocycles. The topological polar surface area (TPSA) is 12.0 Å². The van der Waals surface area contributed by atoms with Gasteiger partial charge in [-0.15, -0.1) is 12.8 Å². The van der Waals surface area contributed by atoms with Gasteiger partial charge in [-0.2, -0.15) is 0 Å². The van der Waals surface area contributed by atoms with Gasteiger partial charge in [0.2, 0.25) is 0 Å². The Morgan fingerprint density at radius 1 is 1.07 bits per heavy atom. The number of nitrogens with one attached hydrogen (secondary N) is 1. The van der Waals surface area contributed by atoms with E-state index in [-0.39, 0.29) is 0 Å². The van der Waals surface area contributed by atoms with E-state index in [1.165, 1.54) is 24.0 Å². The molecule has 0 saturated heterocycles. The summed E-state index contributed by atoms with van der Waals surface area (Å²) >= 11 is 0. The first-order chi connectivity index (χ1) is 6.86. The SMILES string of the molecule is C#C.Cc1ccc2c(c1)CCNCC2. The first-order valence-electron chi connectivity index (χ1n) is 4.99. The van der Waals surface area contributed by atoms with Crippen molar-refractivity contribution >= 4 is 0 Å². The number of rotatable bonds is 0. The van der Waals surface area contributed by atoms with E-state index < -0.39 is 0 Å². The van der Waals surface area contributed by atoms with E-state index in [0.717, 1.165) is 13.1 Å². The van der Waals surface area contributed by atoms with Crippen LogP contribution in [-0.4, -0.2) is 13.1 Å². The Morgan fingerprint density at radius 2 is 1.71 bits per heavy atom. The largest absolute Gasteiger partial charge is 0.316 e. The van der Waals surface area contributed by atoms with E-state index in [1.54, 1.807) is 5.56 Å². The van der Waals surface area contributed by atoms with Gasteiger partial charge in [-0.25, -0.2) is 0 Å². The van der Waals surface area contributed by atoms with Crippen LogP contribution in [0.25, 0.3) is 0 Å². The van der Waals surface area contributed by atoms with E-state index in [2.05, 4.69) is 43.3 Å². The highest BCUT2D eigenvalue weighted by atomic mass is 14.8. The zero-order chi connectivity index (χ0) is 10.4. The molecule has 0 bridgehead atoms. The maximum Gasteiger partial charge on any atom is -0.000812 e. The zero-order valence-electron chi connectivity index (χ0n) is 8.72. The van der Waals surface area contributed by atoms with Gasteiger partial charge in [0.25, 0.3) is 0 Å². The molecular weight excluding hydrogens is 170 g/mol. The smallest absolute Gasteiger partial charge is 0.000812 e. The van der Waals surface area contributed by atoms with Crippen LogP contribution in [0.2, 0.25) is 0 Å². The van der Waals surface area contributed by atoms with Crippen molar-refractivity contribution in [2.45, 2.75) is 19.8 Å². The lowest BCUT2D eigenvalue weighted by Crippen LogP contribution is -2.16. The second-order valence-electron chi connectivity index (χ2n) is 3.52. The van der Waals surface area contributed by atoms with E-state index in [0.29, 0.717) is 0 Å². The quantitative estimate of drug-likeness (QED) is 0.612. The first-order valence-corrected chi connectivity index (χ1v) is 4.99. The van der Waals surface area contributed by atoms with Gasteiger partial charge in [0, 0.05) is 0 Å². The fourth-order valence-corrected chi connectivity index (χ4v) is 1.80. The maximum absolute atomic E-state index is 4.00. The van der Waals surface area contributed by atoms with Crippen molar-refractivity contribution in [1.29, 1.82) is 0 Å². The minimum absolute atomic E-state index is 1.13. The summed E-state index contributed by atoms with van der Waals surface area (Å²) in [5, 5.41) is 3.41. The fraction of sp³-hybridized carbons (Fsp3) is 0.385. The third-order valence-electron chi connectivity index (χ3n) is 2.50. The number of hydrogen-bond donors (Lipinski definition) is 1. The van der Waals surface area contributed by atoms with Crippen LogP contribution in [0.5, 0.6) is 0 Å². The summed E-state index contributed by atoms with van der Waals surface area (Å²) in [6.07, 6.45) is 10.4. The van der Waals surface area contributed by atoms with Crippen LogP contribution < -0.4 is 5.32 Å². The van der Waals surface area contributed by atoms with Crippen LogP contribution in [0.4, 0.5) is 0 Å². The van der Waals surface area contributed by atoms with Crippen molar-refractivity contribution in [1.82, 2.24) is 5.32 Å². The molecule has 0 atom stereocenters. The molecule has 1 heteroatoms. The molecule has 1 aliphatic heterocycles. The predicted octanol–water partition coefficient (Wildman–Crippen LogP) is 1.93. The van der Waals surface area contributed by atoms with E-state index in [4.69, 9.17) is 0 Å². The zero-order valence-corrected chi connectivity index (χ0v) is 8.72. The van der Waals surface area contributed by atoms with Crippen molar-refractivity contribution in [3.8, 4) is 12.8 Å². The molecule has 2 rings (SSSR count). The molecular formula is C13H17N. The second-order valence-corrected chi connectivity index (χ2v) is 3.52. The highest BCUT2D eigenvalue weighted by Gasteiger charge is 2.05. The van der Waals surface area contributed by atoms with Crippen LogP contribution in [-0.2, 0) is 12.8 Å². The Hall–Kier alpha value is -1.26. The summed E-state index contributed by atoms with van der Waals surface area (Å²) < 4.78 is 0. The van der Waals surface area contributed by atoms with E-state index in [1.807, 2.05) is 0 Å². The van der Waals surface area contributed by atoms with Gasteiger partial charge in [0.15, 0.2) is 0 Å². The summed E-state index contributed by atoms with van der Waals surface area (Å²) in [6, 6.07) is 6.81. The summed E-state index contributed by atoms with van der Waals surface area (Å²) in [6.45, 7) is 4.44. The molecule has 1 N–H and O–H groups in total. The lowest BCUT2D eigenvalue weighted by molar-refractivity contribution is 0.711. The Bertz CT molecular complexity index is 312. The number of benzene rings is 1. The maximum atomic E-state index is 4.00. The van der Waals surface area contributed by atoms with Gasteiger partial charge in [0.1, 0.15) is 0 Å². The van der Waals surface area contributed by atoms with Crippen molar-refractivity contribution in [2.24, 2.45) is 0 Å². The minimum atomic E-state index is 1.13. The Balaban J connectivity index is 0.000000461. The van der Waals surface area contributed by atoms with Crippen molar-refractivity contribution < 1.29 is 0 Å². The molecule has 0 saturated carbocycles. The van der Waals surface area contributed by atoms with Crippen LogP contribution in [0, 0.1) is 19.8 Å². The van der Waals surface area contributed by atoms with Gasteiger partial charge in [-0.05, 0) is 44.0 Å². The average molecular weight is 187 g/mol. The average Bonchev–Trinajstić information content (AvgIpc) is 2.45. The van der Waals surface area contributed by atoms with Gasteiger partial charge in [0.05, 0.1) is 0 Å². The lowest BCUT2D eigenvalue weighted by atomic mass is 10.0. The molecule has 1 aromatic carbocycles. The summed E-state index contributed by atoms with van der Waals surface area (Å²) in [4.78, 5) is 0. The van der Waals surface area contributed by atoms with Crippen LogP contribution in [0.15, 0.2) is 18.2 Å². The summed E-state index contributed by atoms with van der Waals surface area (Å²) in [5.74, 6) is 0. The van der Waals surface area contributed by atoms with E-state index >= 15 is 0 Å². The molecule has 0 amide bonds. The van der Waals surface area contributed by atoms with Crippen LogP contribution >= 0.6 is 0 Å². The molecule has 0 aromatic heterocycles. The molecule has 14 heavy (non-hydrogen) atoms. The molecule has 0 fully saturated rings. The van der Waals surface area contributed by atoms with Crippen molar-refractivity contribution in [2.75, 3.05) is 13.1 Å². The molecule has 0 radical (unpaired) electrons. The Labute approximate surface area is 86.5 Å². The fourth-order valence-electron chi connectivity index (χ4n) is 1.80. The molecule has 0 spiro atoms. The highest BCUT2D eigenvalue weighted by molar-refractivity contribution is 5.32. The normalized spacial score (nSPS) is 14.5. The van der Waals surface area contributed by atoms with Crippen LogP contribution in [0.1, 0.15) is 16.7 Å². The Morgan fingerprint density at radius 3 is 2.43 bits per heavy atom. The molecule has 74 valence electrons. The number of fused-ring (bicyclic) bond motifs is 1. The monoisotopic (exact) mass is 187 g/mol. The standard InChI is InChI=1S/C11H15N.C2H2/c1-9-2-3-10-4-6-12-7-5-11(10)8-9;1-2/h2-3,8,12H,4-7H2,1H3;1-2H. The first kappa shape index (κ1) is 10.8. The summed E-state index contributed by atoms with van der Waals surface area (Å²) in [7, 11) is 0. The highest BCUT2D eigenvalue weighted by Crippen LogP contribution is 2.14. The Kier molecular flexibility index (Phi) is 4.22. The number of hydrogen-bond acceptors (Lipinski definition) is 1. The van der Waals surface area contributed by atoms with Gasteiger partial charge in [-0.3, -0.25) is 0 Å². The number of terminal acetylenes is 1. The second kappa shape index (κ2) is 5.47. The van der Waals surface area contributed by atoms with Gasteiger partial charge >= 0.3 is 0 Å². The minimum Gasteiger partial charge on any atom is -0.316 e. The van der Waals surface area contributed by atoms with Gasteiger partial charge < -0.3 is 5.32 Å². The lowest BCUT2D eigenvalue weighted by Gasteiger charge is -2.04. The molecule has 0 aliphatic carbocycles.